The lowest BCUT2D eigenvalue weighted by Gasteiger charge is -2.10. The van der Waals surface area contributed by atoms with Crippen LogP contribution < -0.4 is 0 Å². The van der Waals surface area contributed by atoms with E-state index < -0.39 is 0 Å². The van der Waals surface area contributed by atoms with Gasteiger partial charge >= 0.3 is 0 Å². The maximum absolute atomic E-state index is 3.97. The normalized spacial score (nSPS) is 16.0. The maximum Gasteiger partial charge on any atom is 0.208 e. The van der Waals surface area contributed by atoms with Crippen molar-refractivity contribution in [3.63, 3.8) is 0 Å². The lowest BCUT2D eigenvalue weighted by Crippen LogP contribution is -2.12. The van der Waals surface area contributed by atoms with Crippen LogP contribution in [-0.4, -0.2) is 17.8 Å². The summed E-state index contributed by atoms with van der Waals surface area (Å²) >= 11 is 0. The average molecular weight is 198 g/mol. The van der Waals surface area contributed by atoms with E-state index in [1.807, 2.05) is 0 Å². The summed E-state index contributed by atoms with van der Waals surface area (Å²) in [5, 5.41) is 0. The molecule has 76 valence electrons. The van der Waals surface area contributed by atoms with Crippen LogP contribution in [0.5, 0.6) is 0 Å². The van der Waals surface area contributed by atoms with Gasteiger partial charge in [-0.15, -0.1) is 0 Å². The van der Waals surface area contributed by atoms with Gasteiger partial charge in [-0.2, -0.15) is 0 Å². The van der Waals surface area contributed by atoms with Crippen LogP contribution in [0.15, 0.2) is 42.5 Å². The summed E-state index contributed by atoms with van der Waals surface area (Å²) in [5.74, 6) is 0. The highest BCUT2D eigenvalue weighted by atomic mass is 15.0. The second-order valence-electron chi connectivity index (χ2n) is 4.01. The molecule has 0 atom stereocenters. The van der Waals surface area contributed by atoms with Crippen LogP contribution >= 0.6 is 0 Å². The van der Waals surface area contributed by atoms with Crippen LogP contribution in [0.2, 0.25) is 0 Å². The minimum absolute atomic E-state index is 0.952. The van der Waals surface area contributed by atoms with Gasteiger partial charge in [-0.25, -0.2) is 4.58 Å². The summed E-state index contributed by atoms with van der Waals surface area (Å²) in [4.78, 5) is 0. The molecule has 1 aromatic carbocycles. The van der Waals surface area contributed by atoms with Gasteiger partial charge in [0.15, 0.2) is 6.21 Å². The van der Waals surface area contributed by atoms with Gasteiger partial charge in [0.1, 0.15) is 7.05 Å². The highest BCUT2D eigenvalue weighted by molar-refractivity contribution is 5.80. The van der Waals surface area contributed by atoms with Gasteiger partial charge in [-0.05, 0) is 24.6 Å². The zero-order chi connectivity index (χ0) is 10.8. The van der Waals surface area contributed by atoms with Crippen molar-refractivity contribution in [2.75, 3.05) is 7.05 Å². The Bertz CT molecular complexity index is 464. The Kier molecular flexibility index (Phi) is 2.55. The van der Waals surface area contributed by atoms with E-state index >= 15 is 0 Å². The Morgan fingerprint density at radius 3 is 2.67 bits per heavy atom. The Labute approximate surface area is 91.1 Å². The Morgan fingerprint density at radius 1 is 1.27 bits per heavy atom. The number of aryl methyl sites for hydroxylation is 1. The zero-order valence-electron chi connectivity index (χ0n) is 9.33. The van der Waals surface area contributed by atoms with E-state index in [0.29, 0.717) is 0 Å². The van der Waals surface area contributed by atoms with Gasteiger partial charge in [-0.1, -0.05) is 24.8 Å². The maximum atomic E-state index is 3.97. The molecule has 1 aliphatic rings. The van der Waals surface area contributed by atoms with Crippen LogP contribution in [0, 0.1) is 6.92 Å². The summed E-state index contributed by atoms with van der Waals surface area (Å²) in [6.45, 7) is 6.12. The number of hydrogen-bond donors (Lipinski definition) is 0. The molecule has 0 saturated heterocycles. The minimum Gasteiger partial charge on any atom is -0.201 e. The molecule has 1 aliphatic heterocycles. The molecule has 0 radical (unpaired) electrons. The molecule has 1 heterocycles. The van der Waals surface area contributed by atoms with Crippen LogP contribution in [0.1, 0.15) is 17.5 Å². The molecular formula is C14H16N+. The molecule has 1 aromatic rings. The summed E-state index contributed by atoms with van der Waals surface area (Å²) in [6, 6.07) is 8.47. The Balaban J connectivity index is 2.46. The molecule has 0 saturated carbocycles. The van der Waals surface area contributed by atoms with Gasteiger partial charge in [0.25, 0.3) is 0 Å². The van der Waals surface area contributed by atoms with Gasteiger partial charge in [-0.3, -0.25) is 0 Å². The van der Waals surface area contributed by atoms with Crippen molar-refractivity contribution in [1.82, 2.24) is 0 Å². The summed E-state index contributed by atoms with van der Waals surface area (Å²) < 4.78 is 2.15. The minimum atomic E-state index is 0.952. The highest BCUT2D eigenvalue weighted by Gasteiger charge is 2.17. The molecule has 1 heteroatoms. The van der Waals surface area contributed by atoms with Gasteiger partial charge in [0.05, 0.1) is 0 Å². The molecule has 0 bridgehead atoms. The summed E-state index contributed by atoms with van der Waals surface area (Å²) in [5.41, 5.74) is 5.07. The van der Waals surface area contributed by atoms with Crippen molar-refractivity contribution < 1.29 is 4.58 Å². The first kappa shape index (κ1) is 9.91. The molecule has 0 aliphatic carbocycles. The Hall–Kier alpha value is -1.63. The number of hydrogen-bond acceptors (Lipinski definition) is 0. The fraction of sp³-hybridized carbons (Fsp3) is 0.214. The SMILES string of the molecule is C=C1C=[N+](C)C(c2ccccc2C)=CC1. The van der Waals surface area contributed by atoms with Crippen molar-refractivity contribution >= 4 is 11.9 Å². The van der Waals surface area contributed by atoms with Crippen molar-refractivity contribution in [3.8, 4) is 0 Å². The fourth-order valence-corrected chi connectivity index (χ4v) is 1.93. The molecule has 0 aromatic heterocycles. The Morgan fingerprint density at radius 2 is 2.00 bits per heavy atom. The quantitative estimate of drug-likeness (QED) is 0.610. The third-order valence-electron chi connectivity index (χ3n) is 2.73. The number of benzene rings is 1. The molecule has 2 rings (SSSR count). The first-order chi connectivity index (χ1) is 7.18. The van der Waals surface area contributed by atoms with Crippen LogP contribution in [0.3, 0.4) is 0 Å². The lowest BCUT2D eigenvalue weighted by molar-refractivity contribution is -0.391. The summed E-state index contributed by atoms with van der Waals surface area (Å²) in [6.07, 6.45) is 5.29. The summed E-state index contributed by atoms with van der Waals surface area (Å²) in [7, 11) is 2.07. The van der Waals surface area contributed by atoms with Crippen molar-refractivity contribution in [3.05, 3.63) is 53.6 Å². The van der Waals surface area contributed by atoms with E-state index in [2.05, 4.69) is 61.7 Å². The second-order valence-corrected chi connectivity index (χ2v) is 4.01. The third-order valence-corrected chi connectivity index (χ3v) is 2.73. The van der Waals surface area contributed by atoms with E-state index in [1.165, 1.54) is 16.8 Å². The predicted octanol–water partition coefficient (Wildman–Crippen LogP) is 3.01. The number of nitrogens with zero attached hydrogens (tertiary/aromatic N) is 1. The van der Waals surface area contributed by atoms with Gasteiger partial charge in [0.2, 0.25) is 5.70 Å². The van der Waals surface area contributed by atoms with Crippen molar-refractivity contribution in [1.29, 1.82) is 0 Å². The van der Waals surface area contributed by atoms with E-state index in [4.69, 9.17) is 0 Å². The molecule has 1 nitrogen and oxygen atoms in total. The molecule has 15 heavy (non-hydrogen) atoms. The highest BCUT2D eigenvalue weighted by Crippen LogP contribution is 2.22. The van der Waals surface area contributed by atoms with Crippen LogP contribution in [-0.2, 0) is 0 Å². The smallest absolute Gasteiger partial charge is 0.201 e. The topological polar surface area (TPSA) is 3.01 Å². The van der Waals surface area contributed by atoms with Crippen molar-refractivity contribution in [2.45, 2.75) is 13.3 Å². The van der Waals surface area contributed by atoms with Crippen LogP contribution in [0.25, 0.3) is 5.70 Å². The van der Waals surface area contributed by atoms with Gasteiger partial charge < -0.3 is 0 Å². The first-order valence-electron chi connectivity index (χ1n) is 5.20. The van der Waals surface area contributed by atoms with E-state index in [-0.39, 0.29) is 0 Å². The van der Waals surface area contributed by atoms with E-state index in [0.717, 1.165) is 12.0 Å². The monoisotopic (exact) mass is 198 g/mol. The predicted molar refractivity (Wildman–Crippen MR) is 65.2 cm³/mol. The molecule has 0 fully saturated rings. The van der Waals surface area contributed by atoms with Crippen LogP contribution in [0.4, 0.5) is 0 Å². The number of allylic oxidation sites excluding steroid dienone is 2. The zero-order valence-corrected chi connectivity index (χ0v) is 9.33. The largest absolute Gasteiger partial charge is 0.208 e. The third kappa shape index (κ3) is 1.91. The van der Waals surface area contributed by atoms with E-state index in [1.54, 1.807) is 0 Å². The lowest BCUT2D eigenvalue weighted by atomic mass is 10.0. The molecule has 0 spiro atoms. The van der Waals surface area contributed by atoms with Gasteiger partial charge in [0, 0.05) is 17.6 Å². The second kappa shape index (κ2) is 3.85. The van der Waals surface area contributed by atoms with Crippen molar-refractivity contribution in [2.24, 2.45) is 0 Å². The first-order valence-corrected chi connectivity index (χ1v) is 5.20. The molecule has 0 amide bonds. The standard InChI is InChI=1S/C14H16N/c1-11-8-9-14(15(3)10-11)13-7-5-4-6-12(13)2/h4-7,9-10H,1,8H2,2-3H3/q+1. The molecule has 0 N–H and O–H groups in total. The average Bonchev–Trinajstić information content (AvgIpc) is 2.20. The molecular weight excluding hydrogens is 182 g/mol. The number of rotatable bonds is 1. The fourth-order valence-electron chi connectivity index (χ4n) is 1.93. The molecule has 0 unspecified atom stereocenters. The van der Waals surface area contributed by atoms with E-state index in [9.17, 15) is 0 Å².